The molecule has 0 fully saturated rings. The van der Waals surface area contributed by atoms with Gasteiger partial charge in [0.15, 0.2) is 6.29 Å². The van der Waals surface area contributed by atoms with Gasteiger partial charge in [-0.05, 0) is 25.1 Å². The van der Waals surface area contributed by atoms with Crippen LogP contribution in [0.1, 0.15) is 17.3 Å². The highest BCUT2D eigenvalue weighted by Crippen LogP contribution is 2.27. The van der Waals surface area contributed by atoms with Crippen LogP contribution in [0.3, 0.4) is 0 Å². The van der Waals surface area contributed by atoms with Crippen LogP contribution < -0.4 is 4.90 Å². The van der Waals surface area contributed by atoms with Gasteiger partial charge < -0.3 is 4.90 Å². The molecule has 2 nitrogen and oxygen atoms in total. The van der Waals surface area contributed by atoms with Crippen LogP contribution in [0.4, 0.5) is 18.9 Å². The van der Waals surface area contributed by atoms with E-state index in [9.17, 15) is 18.0 Å². The predicted molar refractivity (Wildman–Crippen MR) is 63.5 cm³/mol. The molecule has 0 aliphatic heterocycles. The van der Waals surface area contributed by atoms with Gasteiger partial charge in [-0.25, -0.2) is 0 Å². The number of carbonyl (C=O) groups is 1. The van der Waals surface area contributed by atoms with Crippen LogP contribution in [0.15, 0.2) is 22.7 Å². The number of aldehydes is 1. The lowest BCUT2D eigenvalue weighted by Crippen LogP contribution is -2.34. The summed E-state index contributed by atoms with van der Waals surface area (Å²) in [6, 6.07) is 4.62. The lowest BCUT2D eigenvalue weighted by Gasteiger charge is -2.25. The van der Waals surface area contributed by atoms with Crippen LogP contribution in [-0.2, 0) is 0 Å². The molecular formula is C11H11BrF3NO. The van der Waals surface area contributed by atoms with Crippen molar-refractivity contribution >= 4 is 27.9 Å². The fraction of sp³-hybridized carbons (Fsp3) is 0.364. The van der Waals surface area contributed by atoms with Crippen molar-refractivity contribution in [2.75, 3.05) is 18.0 Å². The molecule has 0 aliphatic carbocycles. The Bertz CT molecular complexity index is 406. The third-order valence-corrected chi connectivity index (χ3v) is 2.71. The first-order valence-corrected chi connectivity index (χ1v) is 5.73. The Morgan fingerprint density at radius 2 is 2.06 bits per heavy atom. The second-order valence-corrected chi connectivity index (χ2v) is 4.37. The van der Waals surface area contributed by atoms with E-state index in [1.807, 2.05) is 0 Å². The first kappa shape index (κ1) is 14.0. The van der Waals surface area contributed by atoms with E-state index in [0.29, 0.717) is 10.8 Å². The maximum absolute atomic E-state index is 12.4. The van der Waals surface area contributed by atoms with E-state index in [1.165, 1.54) is 12.1 Å². The highest BCUT2D eigenvalue weighted by molar-refractivity contribution is 9.10. The van der Waals surface area contributed by atoms with Gasteiger partial charge in [-0.2, -0.15) is 13.2 Å². The Balaban J connectivity index is 3.10. The van der Waals surface area contributed by atoms with Gasteiger partial charge in [0.25, 0.3) is 0 Å². The minimum Gasteiger partial charge on any atom is -0.362 e. The van der Waals surface area contributed by atoms with Crippen LogP contribution in [0, 0.1) is 0 Å². The summed E-state index contributed by atoms with van der Waals surface area (Å²) in [6.07, 6.45) is -3.74. The molecule has 0 heterocycles. The summed E-state index contributed by atoms with van der Waals surface area (Å²) < 4.78 is 37.8. The van der Waals surface area contributed by atoms with Crippen LogP contribution in [-0.4, -0.2) is 25.6 Å². The molecule has 0 saturated heterocycles. The third kappa shape index (κ3) is 4.03. The van der Waals surface area contributed by atoms with E-state index in [0.717, 1.165) is 4.90 Å². The Morgan fingerprint density at radius 3 is 2.53 bits per heavy atom. The van der Waals surface area contributed by atoms with Crippen LogP contribution in [0.2, 0.25) is 0 Å². The van der Waals surface area contributed by atoms with E-state index in [-0.39, 0.29) is 17.8 Å². The summed E-state index contributed by atoms with van der Waals surface area (Å²) in [4.78, 5) is 11.9. The van der Waals surface area contributed by atoms with E-state index in [4.69, 9.17) is 0 Å². The Hall–Kier alpha value is -1.04. The fourth-order valence-electron chi connectivity index (χ4n) is 1.47. The minimum absolute atomic E-state index is 0.177. The zero-order valence-electron chi connectivity index (χ0n) is 9.09. The van der Waals surface area contributed by atoms with Gasteiger partial charge in [0.2, 0.25) is 0 Å². The van der Waals surface area contributed by atoms with E-state index < -0.39 is 12.7 Å². The molecule has 0 N–H and O–H groups in total. The second kappa shape index (κ2) is 5.53. The predicted octanol–water partition coefficient (Wildman–Crippen LogP) is 3.65. The molecule has 0 radical (unpaired) electrons. The van der Waals surface area contributed by atoms with E-state index >= 15 is 0 Å². The number of rotatable bonds is 4. The average molecular weight is 310 g/mol. The number of anilines is 1. The molecule has 1 aromatic carbocycles. The van der Waals surface area contributed by atoms with Crippen LogP contribution in [0.5, 0.6) is 0 Å². The van der Waals surface area contributed by atoms with Gasteiger partial charge in [0.05, 0.1) is 0 Å². The van der Waals surface area contributed by atoms with Crippen molar-refractivity contribution < 1.29 is 18.0 Å². The molecule has 0 saturated carbocycles. The summed E-state index contributed by atoms with van der Waals surface area (Å²) in [5, 5.41) is 0. The topological polar surface area (TPSA) is 20.3 Å². The van der Waals surface area contributed by atoms with Crippen molar-refractivity contribution in [2.45, 2.75) is 13.1 Å². The molecule has 94 valence electrons. The molecule has 1 aromatic rings. The standard InChI is InChI=1S/C11H11BrF3NO/c1-2-16(7-11(13,14)15)10-5-9(12)4-3-8(10)6-17/h3-6H,2,7H2,1H3. The number of hydrogen-bond donors (Lipinski definition) is 0. The van der Waals surface area contributed by atoms with E-state index in [1.54, 1.807) is 13.0 Å². The van der Waals surface area contributed by atoms with Gasteiger partial charge in [0.1, 0.15) is 6.54 Å². The normalized spacial score (nSPS) is 11.4. The Morgan fingerprint density at radius 1 is 1.41 bits per heavy atom. The number of hydrogen-bond acceptors (Lipinski definition) is 2. The zero-order chi connectivity index (χ0) is 13.1. The number of nitrogens with zero attached hydrogens (tertiary/aromatic N) is 1. The molecule has 1 rings (SSSR count). The summed E-state index contributed by atoms with van der Waals surface area (Å²) >= 11 is 3.18. The molecular weight excluding hydrogens is 299 g/mol. The quantitative estimate of drug-likeness (QED) is 0.791. The largest absolute Gasteiger partial charge is 0.405 e. The van der Waals surface area contributed by atoms with Crippen molar-refractivity contribution in [1.82, 2.24) is 0 Å². The van der Waals surface area contributed by atoms with E-state index in [2.05, 4.69) is 15.9 Å². The SMILES string of the molecule is CCN(CC(F)(F)F)c1cc(Br)ccc1C=O. The lowest BCUT2D eigenvalue weighted by molar-refractivity contribution is -0.119. The average Bonchev–Trinajstić information content (AvgIpc) is 2.24. The van der Waals surface area contributed by atoms with Gasteiger partial charge in [-0.3, -0.25) is 4.79 Å². The summed E-state index contributed by atoms with van der Waals surface area (Å²) in [6.45, 7) is 0.721. The van der Waals surface area contributed by atoms with Crippen molar-refractivity contribution in [3.05, 3.63) is 28.2 Å². The van der Waals surface area contributed by atoms with Crippen LogP contribution in [0.25, 0.3) is 0 Å². The zero-order valence-corrected chi connectivity index (χ0v) is 10.7. The Labute approximate surface area is 106 Å². The maximum Gasteiger partial charge on any atom is 0.405 e. The summed E-state index contributed by atoms with van der Waals surface area (Å²) in [5.74, 6) is 0. The molecule has 0 amide bonds. The minimum atomic E-state index is -4.29. The second-order valence-electron chi connectivity index (χ2n) is 3.45. The molecule has 0 aromatic heterocycles. The Kier molecular flexibility index (Phi) is 4.56. The number of alkyl halides is 3. The molecule has 17 heavy (non-hydrogen) atoms. The van der Waals surface area contributed by atoms with Crippen molar-refractivity contribution in [3.8, 4) is 0 Å². The van der Waals surface area contributed by atoms with Crippen molar-refractivity contribution in [2.24, 2.45) is 0 Å². The molecule has 0 unspecified atom stereocenters. The maximum atomic E-state index is 12.4. The number of benzene rings is 1. The fourth-order valence-corrected chi connectivity index (χ4v) is 1.82. The molecule has 0 bridgehead atoms. The van der Waals surface area contributed by atoms with Crippen LogP contribution >= 0.6 is 15.9 Å². The smallest absolute Gasteiger partial charge is 0.362 e. The first-order chi connectivity index (χ1) is 7.87. The molecule has 0 spiro atoms. The number of halogens is 4. The summed E-state index contributed by atoms with van der Waals surface area (Å²) in [5.41, 5.74) is 0.536. The van der Waals surface area contributed by atoms with Gasteiger partial charge in [-0.15, -0.1) is 0 Å². The number of carbonyl (C=O) groups excluding carboxylic acids is 1. The summed E-state index contributed by atoms with van der Waals surface area (Å²) in [7, 11) is 0. The van der Waals surface area contributed by atoms with Gasteiger partial charge in [-0.1, -0.05) is 15.9 Å². The van der Waals surface area contributed by atoms with Crippen molar-refractivity contribution in [3.63, 3.8) is 0 Å². The lowest BCUT2D eigenvalue weighted by atomic mass is 10.1. The highest BCUT2D eigenvalue weighted by atomic mass is 79.9. The van der Waals surface area contributed by atoms with Crippen molar-refractivity contribution in [1.29, 1.82) is 0 Å². The third-order valence-electron chi connectivity index (χ3n) is 2.21. The molecule has 0 aliphatic rings. The molecule has 6 heteroatoms. The van der Waals surface area contributed by atoms with Gasteiger partial charge in [0, 0.05) is 22.3 Å². The monoisotopic (exact) mass is 309 g/mol. The van der Waals surface area contributed by atoms with Gasteiger partial charge >= 0.3 is 6.18 Å². The molecule has 0 atom stereocenters. The first-order valence-electron chi connectivity index (χ1n) is 4.94. The highest BCUT2D eigenvalue weighted by Gasteiger charge is 2.31.